The number of primary amides is 1. The maximum Gasteiger partial charge on any atom is 0.228 e. The summed E-state index contributed by atoms with van der Waals surface area (Å²) in [4.78, 5) is 30.9. The minimum atomic E-state index is -0.911. The Hall–Kier alpha value is -3.41. The number of imidazole rings is 1. The standard InChI is InChI=1S/C23H25FN6O4/c1-23(21(25)31)12-33-20(34-13-23)19-28-17(14-2-4-15(24)5-3-14)18(29-19)16-6-7-26-22(27-16)30-8-10-32-11-9-30/h2-7,20H,8-13H2,1H3,(H2,25,31)(H,28,29). The van der Waals surface area contributed by atoms with Crippen LogP contribution in [0.15, 0.2) is 36.5 Å². The molecule has 0 saturated carbocycles. The van der Waals surface area contributed by atoms with Gasteiger partial charge in [-0.1, -0.05) is 0 Å². The number of rotatable bonds is 5. The van der Waals surface area contributed by atoms with E-state index in [1.54, 1.807) is 31.3 Å². The second-order valence-electron chi connectivity index (χ2n) is 8.57. The first-order chi connectivity index (χ1) is 16.4. The van der Waals surface area contributed by atoms with Gasteiger partial charge < -0.3 is 29.8 Å². The third-order valence-corrected chi connectivity index (χ3v) is 5.96. The van der Waals surface area contributed by atoms with Gasteiger partial charge in [0.05, 0.1) is 48.9 Å². The predicted octanol–water partition coefficient (Wildman–Crippen LogP) is 2.05. The fourth-order valence-corrected chi connectivity index (χ4v) is 3.82. The van der Waals surface area contributed by atoms with E-state index in [1.807, 2.05) is 0 Å². The Balaban J connectivity index is 1.51. The van der Waals surface area contributed by atoms with E-state index < -0.39 is 17.6 Å². The highest BCUT2D eigenvalue weighted by atomic mass is 19.1. The van der Waals surface area contributed by atoms with Crippen LogP contribution in [0.25, 0.3) is 22.6 Å². The summed E-state index contributed by atoms with van der Waals surface area (Å²) in [6.07, 6.45) is 0.870. The van der Waals surface area contributed by atoms with Crippen LogP contribution in [0, 0.1) is 11.2 Å². The van der Waals surface area contributed by atoms with Crippen molar-refractivity contribution in [2.24, 2.45) is 11.1 Å². The largest absolute Gasteiger partial charge is 0.378 e. The second kappa shape index (κ2) is 9.09. The number of ether oxygens (including phenoxy) is 3. The molecule has 1 amide bonds. The van der Waals surface area contributed by atoms with Crippen molar-refractivity contribution < 1.29 is 23.4 Å². The summed E-state index contributed by atoms with van der Waals surface area (Å²) >= 11 is 0. The number of nitrogens with zero attached hydrogens (tertiary/aromatic N) is 4. The molecule has 1 aromatic carbocycles. The summed E-state index contributed by atoms with van der Waals surface area (Å²) in [7, 11) is 0. The Morgan fingerprint density at radius 2 is 1.85 bits per heavy atom. The lowest BCUT2D eigenvalue weighted by molar-refractivity contribution is -0.230. The number of halogens is 1. The Kier molecular flexibility index (Phi) is 5.98. The van der Waals surface area contributed by atoms with Gasteiger partial charge in [-0.2, -0.15) is 0 Å². The van der Waals surface area contributed by atoms with Crippen molar-refractivity contribution in [3.63, 3.8) is 0 Å². The molecule has 2 fully saturated rings. The van der Waals surface area contributed by atoms with Gasteiger partial charge in [0, 0.05) is 24.8 Å². The fraction of sp³-hybridized carbons (Fsp3) is 0.391. The maximum absolute atomic E-state index is 13.6. The van der Waals surface area contributed by atoms with Crippen LogP contribution >= 0.6 is 0 Å². The summed E-state index contributed by atoms with van der Waals surface area (Å²) in [5, 5.41) is 0. The molecule has 4 heterocycles. The number of aromatic amines is 1. The molecule has 2 aliphatic heterocycles. The zero-order valence-corrected chi connectivity index (χ0v) is 18.7. The molecule has 0 unspecified atom stereocenters. The summed E-state index contributed by atoms with van der Waals surface area (Å²) in [6, 6.07) is 7.82. The Morgan fingerprint density at radius 3 is 2.53 bits per heavy atom. The highest BCUT2D eigenvalue weighted by Gasteiger charge is 2.39. The third-order valence-electron chi connectivity index (χ3n) is 5.96. The molecular weight excluding hydrogens is 443 g/mol. The quantitative estimate of drug-likeness (QED) is 0.582. The number of morpholine rings is 1. The number of hydrogen-bond donors (Lipinski definition) is 2. The molecule has 0 atom stereocenters. The van der Waals surface area contributed by atoms with Crippen molar-refractivity contribution in [3.8, 4) is 22.6 Å². The SMILES string of the molecule is CC1(C(N)=O)COC(c2nc(-c3ccc(F)cc3)c(-c3ccnc(N4CCOCC4)n3)[nH]2)OC1. The zero-order valence-electron chi connectivity index (χ0n) is 18.7. The van der Waals surface area contributed by atoms with E-state index in [0.717, 1.165) is 0 Å². The molecule has 3 aromatic rings. The average Bonchev–Trinajstić information content (AvgIpc) is 3.31. The third kappa shape index (κ3) is 4.37. The van der Waals surface area contributed by atoms with Crippen LogP contribution < -0.4 is 10.6 Å². The predicted molar refractivity (Wildman–Crippen MR) is 120 cm³/mol. The molecule has 2 aliphatic rings. The van der Waals surface area contributed by atoms with Crippen molar-refractivity contribution in [1.82, 2.24) is 19.9 Å². The van der Waals surface area contributed by atoms with Crippen molar-refractivity contribution in [3.05, 3.63) is 48.2 Å². The van der Waals surface area contributed by atoms with Crippen molar-refractivity contribution >= 4 is 11.9 Å². The van der Waals surface area contributed by atoms with Crippen LogP contribution in [0.2, 0.25) is 0 Å². The molecular formula is C23H25FN6O4. The van der Waals surface area contributed by atoms with Crippen LogP contribution in [-0.4, -0.2) is 65.4 Å². The van der Waals surface area contributed by atoms with Crippen LogP contribution in [-0.2, 0) is 19.0 Å². The Morgan fingerprint density at radius 1 is 1.15 bits per heavy atom. The Bertz CT molecular complexity index is 1170. The molecule has 2 aromatic heterocycles. The minimum Gasteiger partial charge on any atom is -0.378 e. The second-order valence-corrected chi connectivity index (χ2v) is 8.57. The van der Waals surface area contributed by atoms with Crippen LogP contribution in [0.5, 0.6) is 0 Å². The summed E-state index contributed by atoms with van der Waals surface area (Å²) in [5.74, 6) is 0.161. The van der Waals surface area contributed by atoms with E-state index in [0.29, 0.717) is 60.7 Å². The first kappa shape index (κ1) is 22.4. The van der Waals surface area contributed by atoms with Crippen LogP contribution in [0.3, 0.4) is 0 Å². The van der Waals surface area contributed by atoms with Gasteiger partial charge in [0.1, 0.15) is 5.82 Å². The Labute approximate surface area is 195 Å². The van der Waals surface area contributed by atoms with Gasteiger partial charge in [0.25, 0.3) is 0 Å². The molecule has 11 heteroatoms. The van der Waals surface area contributed by atoms with E-state index in [-0.39, 0.29) is 19.0 Å². The molecule has 0 spiro atoms. The average molecular weight is 468 g/mol. The molecule has 5 rings (SSSR count). The summed E-state index contributed by atoms with van der Waals surface area (Å²) in [6.45, 7) is 4.52. The minimum absolute atomic E-state index is 0.101. The van der Waals surface area contributed by atoms with Crippen molar-refractivity contribution in [2.45, 2.75) is 13.2 Å². The molecule has 0 bridgehead atoms. The van der Waals surface area contributed by atoms with E-state index in [1.165, 1.54) is 12.1 Å². The lowest BCUT2D eigenvalue weighted by Crippen LogP contribution is -2.46. The monoisotopic (exact) mass is 468 g/mol. The van der Waals surface area contributed by atoms with E-state index >= 15 is 0 Å². The number of carbonyl (C=O) groups excluding carboxylic acids is 1. The highest BCUT2D eigenvalue weighted by Crippen LogP contribution is 2.35. The van der Waals surface area contributed by atoms with Gasteiger partial charge in [0.2, 0.25) is 18.1 Å². The number of anilines is 1. The molecule has 2 saturated heterocycles. The van der Waals surface area contributed by atoms with Gasteiger partial charge >= 0.3 is 0 Å². The fourth-order valence-electron chi connectivity index (χ4n) is 3.82. The lowest BCUT2D eigenvalue weighted by Gasteiger charge is -2.34. The van der Waals surface area contributed by atoms with E-state index in [9.17, 15) is 9.18 Å². The topological polar surface area (TPSA) is 128 Å². The maximum atomic E-state index is 13.6. The van der Waals surface area contributed by atoms with Gasteiger partial charge in [-0.05, 0) is 37.3 Å². The molecule has 0 radical (unpaired) electrons. The summed E-state index contributed by atoms with van der Waals surface area (Å²) < 4.78 is 30.6. The number of H-pyrrole nitrogens is 1. The molecule has 3 N–H and O–H groups in total. The number of nitrogens with two attached hydrogens (primary N) is 1. The smallest absolute Gasteiger partial charge is 0.228 e. The molecule has 0 aliphatic carbocycles. The number of amides is 1. The van der Waals surface area contributed by atoms with E-state index in [2.05, 4.69) is 14.9 Å². The van der Waals surface area contributed by atoms with Gasteiger partial charge in [-0.15, -0.1) is 0 Å². The lowest BCUT2D eigenvalue weighted by atomic mass is 9.91. The highest BCUT2D eigenvalue weighted by molar-refractivity contribution is 5.81. The number of nitrogens with one attached hydrogen (secondary N) is 1. The number of benzene rings is 1. The first-order valence-electron chi connectivity index (χ1n) is 11.0. The van der Waals surface area contributed by atoms with Crippen molar-refractivity contribution in [2.75, 3.05) is 44.4 Å². The van der Waals surface area contributed by atoms with Gasteiger partial charge in [-0.3, -0.25) is 4.79 Å². The van der Waals surface area contributed by atoms with Crippen LogP contribution in [0.1, 0.15) is 19.0 Å². The molecule has 178 valence electrons. The molecule has 10 nitrogen and oxygen atoms in total. The van der Waals surface area contributed by atoms with Crippen LogP contribution in [0.4, 0.5) is 10.3 Å². The number of hydrogen-bond acceptors (Lipinski definition) is 8. The van der Waals surface area contributed by atoms with E-state index in [4.69, 9.17) is 29.9 Å². The van der Waals surface area contributed by atoms with Gasteiger partial charge in [0.15, 0.2) is 5.82 Å². The van der Waals surface area contributed by atoms with Gasteiger partial charge in [-0.25, -0.2) is 19.3 Å². The normalized spacial score (nSPS) is 23.1. The first-order valence-corrected chi connectivity index (χ1v) is 11.0. The summed E-state index contributed by atoms with van der Waals surface area (Å²) in [5.41, 5.74) is 7.06. The number of carbonyl (C=O) groups is 1. The molecule has 34 heavy (non-hydrogen) atoms. The van der Waals surface area contributed by atoms with Crippen molar-refractivity contribution in [1.29, 1.82) is 0 Å². The number of aromatic nitrogens is 4. The zero-order chi connectivity index (χ0) is 23.7.